The normalized spacial score (nSPS) is 15.6. The topological polar surface area (TPSA) is 87.8 Å². The fraction of sp³-hybridized carbons (Fsp3) is 0.524. The Kier molecular flexibility index (Phi) is 6.89. The smallest absolute Gasteiger partial charge is 0.262 e. The summed E-state index contributed by atoms with van der Waals surface area (Å²) in [6.45, 7) is 11.3. The average Bonchev–Trinajstić information content (AvgIpc) is 2.67. The Morgan fingerprint density at radius 1 is 1.32 bits per heavy atom. The third-order valence-corrected chi connectivity index (χ3v) is 6.29. The molecule has 0 saturated heterocycles. The Morgan fingerprint density at radius 3 is 2.54 bits per heavy atom. The van der Waals surface area contributed by atoms with Crippen LogP contribution >= 0.6 is 11.8 Å². The van der Waals surface area contributed by atoms with Crippen LogP contribution < -0.4 is 10.9 Å². The highest BCUT2D eigenvalue weighted by Crippen LogP contribution is 2.27. The highest BCUT2D eigenvalue weighted by molar-refractivity contribution is 8.00. The zero-order valence-corrected chi connectivity index (χ0v) is 18.1. The molecule has 0 aliphatic heterocycles. The van der Waals surface area contributed by atoms with Crippen LogP contribution in [0.5, 0.6) is 0 Å². The molecule has 2 rings (SSSR count). The van der Waals surface area contributed by atoms with Gasteiger partial charge in [-0.25, -0.2) is 4.98 Å². The lowest BCUT2D eigenvalue weighted by Gasteiger charge is -2.29. The summed E-state index contributed by atoms with van der Waals surface area (Å²) in [5.74, 6) is -0.281. The van der Waals surface area contributed by atoms with Gasteiger partial charge in [0.1, 0.15) is 5.54 Å². The van der Waals surface area contributed by atoms with E-state index in [2.05, 4.69) is 16.4 Å². The van der Waals surface area contributed by atoms with E-state index in [-0.39, 0.29) is 23.4 Å². The minimum absolute atomic E-state index is 0.0317. The van der Waals surface area contributed by atoms with E-state index < -0.39 is 10.8 Å². The first-order chi connectivity index (χ1) is 13.1. The van der Waals surface area contributed by atoms with Gasteiger partial charge in [0.2, 0.25) is 5.91 Å². The lowest BCUT2D eigenvalue weighted by atomic mass is 9.90. The number of nitriles is 1. The van der Waals surface area contributed by atoms with Crippen LogP contribution in [0.15, 0.2) is 34.2 Å². The van der Waals surface area contributed by atoms with E-state index in [9.17, 15) is 14.9 Å². The van der Waals surface area contributed by atoms with Crippen molar-refractivity contribution in [3.8, 4) is 6.07 Å². The number of hydrogen-bond acceptors (Lipinski definition) is 5. The largest absolute Gasteiger partial charge is 0.337 e. The van der Waals surface area contributed by atoms with Crippen LogP contribution in [0.25, 0.3) is 10.9 Å². The standard InChI is InChI=1S/C21H28N4O2S/c1-7-14(4)25-19(27)16-10-8-9-11-17(16)23-20(25)28-15(5)18(26)24-21(6,12-22)13(2)3/h8-11,13-15H,7H2,1-6H3,(H,24,26)/t14-,15+,21+/m1/s1. The molecule has 2 aromatic rings. The van der Waals surface area contributed by atoms with Gasteiger partial charge in [-0.1, -0.05) is 44.7 Å². The van der Waals surface area contributed by atoms with Crippen LogP contribution in [0.4, 0.5) is 0 Å². The molecule has 0 radical (unpaired) electrons. The number of thioether (sulfide) groups is 1. The summed E-state index contributed by atoms with van der Waals surface area (Å²) in [6, 6.07) is 9.39. The molecular weight excluding hydrogens is 372 g/mol. The molecule has 28 heavy (non-hydrogen) atoms. The number of amides is 1. The zero-order chi connectivity index (χ0) is 21.1. The molecule has 0 unspecified atom stereocenters. The van der Waals surface area contributed by atoms with Crippen LogP contribution in [-0.4, -0.2) is 26.2 Å². The van der Waals surface area contributed by atoms with Crippen molar-refractivity contribution in [2.75, 3.05) is 0 Å². The number of benzene rings is 1. The number of nitrogens with one attached hydrogen (secondary N) is 1. The van der Waals surface area contributed by atoms with Crippen molar-refractivity contribution >= 4 is 28.6 Å². The summed E-state index contributed by atoms with van der Waals surface area (Å²) in [7, 11) is 0. The van der Waals surface area contributed by atoms with Crippen molar-refractivity contribution in [3.05, 3.63) is 34.6 Å². The molecule has 1 amide bonds. The molecule has 0 saturated carbocycles. The summed E-state index contributed by atoms with van der Waals surface area (Å²) in [6.07, 6.45) is 0.772. The van der Waals surface area contributed by atoms with Crippen molar-refractivity contribution in [1.29, 1.82) is 5.26 Å². The number of rotatable bonds is 7. The van der Waals surface area contributed by atoms with Gasteiger partial charge in [0, 0.05) is 6.04 Å². The molecule has 6 nitrogen and oxygen atoms in total. The minimum atomic E-state index is -0.945. The Labute approximate surface area is 170 Å². The number of nitrogens with zero attached hydrogens (tertiary/aromatic N) is 3. The van der Waals surface area contributed by atoms with Gasteiger partial charge in [-0.2, -0.15) is 5.26 Å². The molecule has 7 heteroatoms. The summed E-state index contributed by atoms with van der Waals surface area (Å²) >= 11 is 1.24. The van der Waals surface area contributed by atoms with Gasteiger partial charge in [0.25, 0.3) is 5.56 Å². The second-order valence-corrected chi connectivity index (χ2v) is 8.87. The minimum Gasteiger partial charge on any atom is -0.337 e. The first kappa shape index (κ1) is 22.0. The molecular formula is C21H28N4O2S. The molecule has 0 bridgehead atoms. The highest BCUT2D eigenvalue weighted by atomic mass is 32.2. The maximum atomic E-state index is 13.0. The first-order valence-corrected chi connectivity index (χ1v) is 10.4. The summed E-state index contributed by atoms with van der Waals surface area (Å²) in [4.78, 5) is 30.4. The van der Waals surface area contributed by atoms with E-state index in [1.165, 1.54) is 11.8 Å². The molecule has 3 atom stereocenters. The fourth-order valence-electron chi connectivity index (χ4n) is 2.65. The van der Waals surface area contributed by atoms with Crippen LogP contribution in [0.2, 0.25) is 0 Å². The maximum absolute atomic E-state index is 13.0. The van der Waals surface area contributed by atoms with Gasteiger partial charge in [-0.05, 0) is 45.2 Å². The van der Waals surface area contributed by atoms with Crippen molar-refractivity contribution < 1.29 is 4.79 Å². The third-order valence-electron chi connectivity index (χ3n) is 5.23. The lowest BCUT2D eigenvalue weighted by molar-refractivity contribution is -0.121. The van der Waals surface area contributed by atoms with Gasteiger partial charge in [0.15, 0.2) is 5.16 Å². The molecule has 1 aromatic carbocycles. The highest BCUT2D eigenvalue weighted by Gasteiger charge is 2.32. The zero-order valence-electron chi connectivity index (χ0n) is 17.3. The maximum Gasteiger partial charge on any atom is 0.262 e. The van der Waals surface area contributed by atoms with Crippen LogP contribution in [0, 0.1) is 17.2 Å². The van der Waals surface area contributed by atoms with E-state index >= 15 is 0 Å². The van der Waals surface area contributed by atoms with Crippen LogP contribution in [0.3, 0.4) is 0 Å². The van der Waals surface area contributed by atoms with Crippen molar-refractivity contribution in [1.82, 2.24) is 14.9 Å². The van der Waals surface area contributed by atoms with Gasteiger partial charge >= 0.3 is 0 Å². The molecule has 150 valence electrons. The Morgan fingerprint density at radius 2 is 1.96 bits per heavy atom. The third kappa shape index (κ3) is 4.39. The van der Waals surface area contributed by atoms with Gasteiger partial charge in [-0.3, -0.25) is 14.2 Å². The second-order valence-electron chi connectivity index (χ2n) is 7.56. The second kappa shape index (κ2) is 8.78. The van der Waals surface area contributed by atoms with Crippen molar-refractivity contribution in [3.63, 3.8) is 0 Å². The Balaban J connectivity index is 2.41. The summed E-state index contributed by atoms with van der Waals surface area (Å²) in [5, 5.41) is 12.9. The number of para-hydroxylation sites is 1. The lowest BCUT2D eigenvalue weighted by Crippen LogP contribution is -2.51. The van der Waals surface area contributed by atoms with Crippen molar-refractivity contribution in [2.45, 2.75) is 70.0 Å². The van der Waals surface area contributed by atoms with E-state index in [1.54, 1.807) is 30.5 Å². The number of fused-ring (bicyclic) bond motifs is 1. The summed E-state index contributed by atoms with van der Waals surface area (Å²) in [5.41, 5.74) is -0.427. The fourth-order valence-corrected chi connectivity index (χ4v) is 3.66. The molecule has 1 heterocycles. The quantitative estimate of drug-likeness (QED) is 0.562. The molecule has 0 fully saturated rings. The Bertz CT molecular complexity index is 963. The predicted molar refractivity (Wildman–Crippen MR) is 113 cm³/mol. The van der Waals surface area contributed by atoms with Gasteiger partial charge in [0.05, 0.1) is 22.2 Å². The number of aromatic nitrogens is 2. The number of carbonyl (C=O) groups excluding carboxylic acids is 1. The molecule has 1 N–H and O–H groups in total. The van der Waals surface area contributed by atoms with E-state index in [1.807, 2.05) is 39.8 Å². The SMILES string of the molecule is CC[C@@H](C)n1c(S[C@@H](C)C(=O)N[C@@](C)(C#N)C(C)C)nc2ccccc2c1=O. The molecule has 0 aliphatic rings. The van der Waals surface area contributed by atoms with Crippen molar-refractivity contribution in [2.24, 2.45) is 5.92 Å². The van der Waals surface area contributed by atoms with Crippen LogP contribution in [-0.2, 0) is 4.79 Å². The van der Waals surface area contributed by atoms with E-state index in [0.29, 0.717) is 16.1 Å². The monoisotopic (exact) mass is 400 g/mol. The van der Waals surface area contributed by atoms with Gasteiger partial charge in [-0.15, -0.1) is 0 Å². The predicted octanol–water partition coefficient (Wildman–Crippen LogP) is 3.90. The Hall–Kier alpha value is -2.33. The van der Waals surface area contributed by atoms with Crippen LogP contribution in [0.1, 0.15) is 54.0 Å². The molecule has 0 spiro atoms. The summed E-state index contributed by atoms with van der Waals surface area (Å²) < 4.78 is 1.67. The first-order valence-electron chi connectivity index (χ1n) is 9.55. The van der Waals surface area contributed by atoms with Gasteiger partial charge < -0.3 is 5.32 Å². The molecule has 0 aliphatic carbocycles. The average molecular weight is 401 g/mol. The molecule has 1 aromatic heterocycles. The number of carbonyl (C=O) groups is 1. The van der Waals surface area contributed by atoms with E-state index in [0.717, 1.165) is 6.42 Å². The number of hydrogen-bond donors (Lipinski definition) is 1. The van der Waals surface area contributed by atoms with E-state index in [4.69, 9.17) is 0 Å².